The van der Waals surface area contributed by atoms with Gasteiger partial charge in [0, 0.05) is 34.6 Å². The maximum Gasteiger partial charge on any atom is 0.366 e. The van der Waals surface area contributed by atoms with Crippen LogP contribution in [-0.4, -0.2) is 90.8 Å². The molecule has 1 aliphatic rings. The molecule has 0 radical (unpaired) electrons. The molecule has 0 aromatic heterocycles. The molecule has 7 atom stereocenters. The fourth-order valence-corrected chi connectivity index (χ4v) is 4.22. The van der Waals surface area contributed by atoms with Gasteiger partial charge in [0.15, 0.2) is 12.2 Å². The molecule has 1 fully saturated rings. The second kappa shape index (κ2) is 13.9. The van der Waals surface area contributed by atoms with Gasteiger partial charge in [0.25, 0.3) is 5.79 Å². The quantitative estimate of drug-likeness (QED) is 0.256. The van der Waals surface area contributed by atoms with E-state index in [-0.39, 0.29) is 6.42 Å². The SMILES string of the molecule is CCC[C@H]1[C@H](OC(C)=O)[C@@H](NC(C)=O)[C@H]([C@H](OC(C)=O)[C@@H](COC(C)=O)OC(C)=O)OC1(O)C(=O)OC. The van der Waals surface area contributed by atoms with Crippen LogP contribution in [0.2, 0.25) is 0 Å². The van der Waals surface area contributed by atoms with E-state index in [4.69, 9.17) is 28.4 Å². The van der Waals surface area contributed by atoms with Crippen molar-refractivity contribution in [1.29, 1.82) is 0 Å². The Morgan fingerprint density at radius 3 is 1.97 bits per heavy atom. The Morgan fingerprint density at radius 2 is 1.54 bits per heavy atom. The second-order valence-electron chi connectivity index (χ2n) is 8.49. The molecule has 0 aromatic carbocycles. The molecule has 1 rings (SSSR count). The molecule has 1 unspecified atom stereocenters. The number of nitrogens with one attached hydrogen (secondary N) is 1. The van der Waals surface area contributed by atoms with E-state index in [1.165, 1.54) is 0 Å². The number of hydrogen-bond donors (Lipinski definition) is 2. The van der Waals surface area contributed by atoms with Gasteiger partial charge in [-0.1, -0.05) is 13.3 Å². The maximum absolute atomic E-state index is 12.8. The first-order chi connectivity index (χ1) is 17.2. The first-order valence-electron chi connectivity index (χ1n) is 11.6. The molecule has 2 N–H and O–H groups in total. The van der Waals surface area contributed by atoms with Crippen LogP contribution < -0.4 is 5.32 Å². The topological polar surface area (TPSA) is 190 Å². The van der Waals surface area contributed by atoms with E-state index in [9.17, 15) is 33.9 Å². The predicted molar refractivity (Wildman–Crippen MR) is 121 cm³/mol. The third kappa shape index (κ3) is 8.67. The van der Waals surface area contributed by atoms with Gasteiger partial charge in [-0.05, 0) is 6.42 Å². The zero-order chi connectivity index (χ0) is 28.5. The van der Waals surface area contributed by atoms with E-state index < -0.39 is 84.5 Å². The molecular weight excluding hydrogens is 498 g/mol. The number of hydrogen-bond acceptors (Lipinski definition) is 13. The lowest BCUT2D eigenvalue weighted by Crippen LogP contribution is -2.72. The van der Waals surface area contributed by atoms with Gasteiger partial charge in [-0.25, -0.2) is 4.79 Å². The third-order valence-electron chi connectivity index (χ3n) is 5.43. The maximum atomic E-state index is 12.8. The summed E-state index contributed by atoms with van der Waals surface area (Å²) < 4.78 is 31.6. The number of carbonyl (C=O) groups is 6. The van der Waals surface area contributed by atoms with Crippen LogP contribution in [0.5, 0.6) is 0 Å². The average Bonchev–Trinajstić information content (AvgIpc) is 2.77. The lowest BCUT2D eigenvalue weighted by Gasteiger charge is -2.51. The highest BCUT2D eigenvalue weighted by molar-refractivity contribution is 5.79. The van der Waals surface area contributed by atoms with Crippen LogP contribution in [0.1, 0.15) is 54.4 Å². The molecule has 0 aliphatic carbocycles. The smallest absolute Gasteiger partial charge is 0.366 e. The summed E-state index contributed by atoms with van der Waals surface area (Å²) in [4.78, 5) is 72.5. The van der Waals surface area contributed by atoms with Gasteiger partial charge >= 0.3 is 29.8 Å². The molecule has 37 heavy (non-hydrogen) atoms. The Labute approximate surface area is 214 Å². The van der Waals surface area contributed by atoms with E-state index in [0.29, 0.717) is 6.42 Å². The van der Waals surface area contributed by atoms with Crippen molar-refractivity contribution in [3.05, 3.63) is 0 Å². The molecule has 14 nitrogen and oxygen atoms in total. The van der Waals surface area contributed by atoms with Crippen LogP contribution in [0.25, 0.3) is 0 Å². The average molecular weight is 534 g/mol. The van der Waals surface area contributed by atoms with E-state index in [2.05, 4.69) is 5.32 Å². The van der Waals surface area contributed by atoms with Crippen molar-refractivity contribution in [3.63, 3.8) is 0 Å². The highest BCUT2D eigenvalue weighted by atomic mass is 16.7. The third-order valence-corrected chi connectivity index (χ3v) is 5.43. The normalized spacial score (nSPS) is 26.6. The predicted octanol–water partition coefficient (Wildman–Crippen LogP) is -0.474. The minimum absolute atomic E-state index is 0.0748. The molecule has 1 amide bonds. The standard InChI is InChI=1S/C23H35NO13/c1-8-9-16-19(35-14(5)28)18(24-11(2)25)21(37-23(16,31)22(30)32-7)20(36-15(6)29)17(34-13(4)27)10-33-12(3)26/h16-21,31H,8-10H2,1-7H3,(H,24,25)/t16-,17+,18+,19-,20+,21+,23?/m0/s1. The first kappa shape index (κ1) is 31.8. The van der Waals surface area contributed by atoms with E-state index in [1.54, 1.807) is 6.92 Å². The summed E-state index contributed by atoms with van der Waals surface area (Å²) in [5, 5.41) is 14.0. The van der Waals surface area contributed by atoms with Gasteiger partial charge in [-0.15, -0.1) is 0 Å². The van der Waals surface area contributed by atoms with Crippen molar-refractivity contribution in [2.24, 2.45) is 5.92 Å². The van der Waals surface area contributed by atoms with Crippen LogP contribution in [0, 0.1) is 5.92 Å². The zero-order valence-corrected chi connectivity index (χ0v) is 21.9. The Bertz CT molecular complexity index is 875. The van der Waals surface area contributed by atoms with Gasteiger partial charge in [0.2, 0.25) is 5.91 Å². The fourth-order valence-electron chi connectivity index (χ4n) is 4.22. The monoisotopic (exact) mass is 533 g/mol. The van der Waals surface area contributed by atoms with Crippen LogP contribution >= 0.6 is 0 Å². The summed E-state index contributed by atoms with van der Waals surface area (Å²) in [7, 11) is 0.994. The number of methoxy groups -OCH3 is 1. The molecule has 0 spiro atoms. The Balaban J connectivity index is 3.84. The number of ether oxygens (including phenoxy) is 6. The highest BCUT2D eigenvalue weighted by Crippen LogP contribution is 2.41. The first-order valence-corrected chi connectivity index (χ1v) is 11.6. The fraction of sp³-hybridized carbons (Fsp3) is 0.739. The highest BCUT2D eigenvalue weighted by Gasteiger charge is 2.63. The van der Waals surface area contributed by atoms with Crippen molar-refractivity contribution < 1.29 is 62.3 Å². The number of carbonyl (C=O) groups excluding carboxylic acids is 6. The van der Waals surface area contributed by atoms with Gasteiger partial charge in [-0.3, -0.25) is 24.0 Å². The Hall–Kier alpha value is -3.26. The van der Waals surface area contributed by atoms with Crippen LogP contribution in [0.3, 0.4) is 0 Å². The van der Waals surface area contributed by atoms with Crippen molar-refractivity contribution in [3.8, 4) is 0 Å². The summed E-state index contributed by atoms with van der Waals surface area (Å²) in [6.07, 6.45) is -5.80. The van der Waals surface area contributed by atoms with E-state index in [0.717, 1.165) is 41.7 Å². The molecule has 1 heterocycles. The summed E-state index contributed by atoms with van der Waals surface area (Å²) in [6.45, 7) is 6.51. The van der Waals surface area contributed by atoms with Crippen molar-refractivity contribution in [2.45, 2.75) is 90.6 Å². The lowest BCUT2D eigenvalue weighted by molar-refractivity contribution is -0.324. The molecule has 1 saturated heterocycles. The number of rotatable bonds is 11. The van der Waals surface area contributed by atoms with E-state index >= 15 is 0 Å². The summed E-state index contributed by atoms with van der Waals surface area (Å²) in [5.41, 5.74) is 0. The number of amides is 1. The van der Waals surface area contributed by atoms with Crippen molar-refractivity contribution in [2.75, 3.05) is 13.7 Å². The summed E-state index contributed by atoms with van der Waals surface area (Å²) >= 11 is 0. The molecular formula is C23H35NO13. The molecule has 0 bridgehead atoms. The van der Waals surface area contributed by atoms with Crippen molar-refractivity contribution >= 4 is 35.8 Å². The van der Waals surface area contributed by atoms with Crippen LogP contribution in [0.4, 0.5) is 0 Å². The number of esters is 5. The van der Waals surface area contributed by atoms with Crippen LogP contribution in [0.15, 0.2) is 0 Å². The molecule has 0 aromatic rings. The minimum Gasteiger partial charge on any atom is -0.465 e. The van der Waals surface area contributed by atoms with E-state index in [1.807, 2.05) is 0 Å². The molecule has 0 saturated carbocycles. The minimum atomic E-state index is -2.74. The number of aliphatic hydroxyl groups is 1. The van der Waals surface area contributed by atoms with Crippen molar-refractivity contribution in [1.82, 2.24) is 5.32 Å². The lowest BCUT2D eigenvalue weighted by atomic mass is 9.78. The molecule has 210 valence electrons. The Kier molecular flexibility index (Phi) is 11.9. The zero-order valence-electron chi connectivity index (χ0n) is 21.9. The van der Waals surface area contributed by atoms with Gasteiger partial charge < -0.3 is 38.8 Å². The van der Waals surface area contributed by atoms with Gasteiger partial charge in [-0.2, -0.15) is 0 Å². The molecule has 14 heteroatoms. The second-order valence-corrected chi connectivity index (χ2v) is 8.49. The Morgan fingerprint density at radius 1 is 0.946 bits per heavy atom. The van der Waals surface area contributed by atoms with Gasteiger partial charge in [0.1, 0.15) is 18.8 Å². The largest absolute Gasteiger partial charge is 0.465 e. The molecule has 1 aliphatic heterocycles. The van der Waals surface area contributed by atoms with Crippen LogP contribution in [-0.2, 0) is 57.2 Å². The summed E-state index contributed by atoms with van der Waals surface area (Å²) in [6, 6.07) is -1.33. The van der Waals surface area contributed by atoms with Gasteiger partial charge in [0.05, 0.1) is 19.1 Å². The summed E-state index contributed by atoms with van der Waals surface area (Å²) in [5.74, 6) is -9.18.